The molecule has 2 aliphatic heterocycles. The summed E-state index contributed by atoms with van der Waals surface area (Å²) in [7, 11) is 0. The second-order valence-electron chi connectivity index (χ2n) is 9.93. The lowest BCUT2D eigenvalue weighted by Gasteiger charge is -2.34. The molecule has 0 radical (unpaired) electrons. The third-order valence-corrected chi connectivity index (χ3v) is 7.26. The average molecular weight is 596 g/mol. The Balaban J connectivity index is 0.000000472. The minimum atomic E-state index is -5.08. The summed E-state index contributed by atoms with van der Waals surface area (Å²) >= 11 is 0. The third-order valence-electron chi connectivity index (χ3n) is 7.26. The number of nitrogens with zero attached hydrogens (tertiary/aromatic N) is 7. The van der Waals surface area contributed by atoms with Crippen LogP contribution in [0.3, 0.4) is 0 Å². The van der Waals surface area contributed by atoms with Gasteiger partial charge in [0.2, 0.25) is 5.95 Å². The maximum absolute atomic E-state index is 13.6. The molecule has 1 aromatic carbocycles. The van der Waals surface area contributed by atoms with Crippen molar-refractivity contribution >= 4 is 29.2 Å². The summed E-state index contributed by atoms with van der Waals surface area (Å²) in [5.74, 6) is -1.34. The van der Waals surface area contributed by atoms with Crippen LogP contribution in [0.2, 0.25) is 0 Å². The van der Waals surface area contributed by atoms with Crippen molar-refractivity contribution in [2.75, 3.05) is 37.6 Å². The zero-order valence-corrected chi connectivity index (χ0v) is 22.9. The maximum atomic E-state index is 13.6. The molecule has 6 rings (SSSR count). The Labute approximate surface area is 244 Å². The van der Waals surface area contributed by atoms with Gasteiger partial charge in [-0.1, -0.05) is 24.3 Å². The molecule has 3 aromatic heterocycles. The molecule has 2 amide bonds. The SMILES string of the molecule is O=C(O)C(F)(F)F.O=C(c1ccccc1)N1CCN(C(=O)c2nc(C3CCCN3c3ncccn3)n3ccccc23)CC1. The van der Waals surface area contributed by atoms with Crippen molar-refractivity contribution in [1.29, 1.82) is 0 Å². The molecule has 1 atom stereocenters. The van der Waals surface area contributed by atoms with Crippen LogP contribution >= 0.6 is 0 Å². The molecule has 1 unspecified atom stereocenters. The number of hydrogen-bond donors (Lipinski definition) is 1. The first-order valence-corrected chi connectivity index (χ1v) is 13.6. The van der Waals surface area contributed by atoms with E-state index in [9.17, 15) is 22.8 Å². The van der Waals surface area contributed by atoms with Crippen LogP contribution in [0.4, 0.5) is 19.1 Å². The zero-order valence-electron chi connectivity index (χ0n) is 22.9. The fourth-order valence-electron chi connectivity index (χ4n) is 5.19. The molecule has 0 aliphatic carbocycles. The van der Waals surface area contributed by atoms with Crippen LogP contribution in [0.15, 0.2) is 73.2 Å². The lowest BCUT2D eigenvalue weighted by Crippen LogP contribution is -2.50. The van der Waals surface area contributed by atoms with E-state index in [-0.39, 0.29) is 17.9 Å². The number of alkyl halides is 3. The van der Waals surface area contributed by atoms with Crippen LogP contribution in [-0.4, -0.2) is 90.9 Å². The molecular formula is C29H28F3N7O4. The van der Waals surface area contributed by atoms with Gasteiger partial charge >= 0.3 is 12.1 Å². The van der Waals surface area contributed by atoms with E-state index in [0.717, 1.165) is 30.7 Å². The fourth-order valence-corrected chi connectivity index (χ4v) is 5.19. The predicted octanol–water partition coefficient (Wildman–Crippen LogP) is 3.70. The topological polar surface area (TPSA) is 124 Å². The number of aromatic nitrogens is 4. The highest BCUT2D eigenvalue weighted by atomic mass is 19.4. The van der Waals surface area contributed by atoms with Crippen LogP contribution < -0.4 is 4.90 Å². The number of aliphatic carboxylic acids is 1. The quantitative estimate of drug-likeness (QED) is 0.379. The molecule has 14 heteroatoms. The first kappa shape index (κ1) is 29.5. The number of hydrogen-bond acceptors (Lipinski definition) is 7. The standard InChI is InChI=1S/C27H27N7O2.C2HF3O2/c35-25(20-8-2-1-3-9-20)31-16-18-32(19-17-31)26(36)23-21-10-4-5-14-33(21)24(30-23)22-11-6-15-34(22)27-28-12-7-13-29-27;3-2(4,5)1(6)7/h1-5,7-10,12-14,22H,6,11,15-19H2;(H,6,7). The van der Waals surface area contributed by atoms with Crippen molar-refractivity contribution in [2.45, 2.75) is 25.1 Å². The Morgan fingerprint density at radius 1 is 0.814 bits per heavy atom. The number of amides is 2. The molecule has 224 valence electrons. The number of carboxylic acids is 1. The lowest BCUT2D eigenvalue weighted by atomic mass is 10.2. The molecule has 0 bridgehead atoms. The highest BCUT2D eigenvalue weighted by Gasteiger charge is 2.38. The highest BCUT2D eigenvalue weighted by molar-refractivity contribution is 5.99. The molecule has 2 saturated heterocycles. The van der Waals surface area contributed by atoms with Crippen molar-refractivity contribution in [3.63, 3.8) is 0 Å². The number of piperazine rings is 1. The molecule has 11 nitrogen and oxygen atoms in total. The summed E-state index contributed by atoms with van der Waals surface area (Å²) in [6, 6.07) is 16.9. The number of benzene rings is 1. The van der Waals surface area contributed by atoms with Gasteiger partial charge in [-0.2, -0.15) is 13.2 Å². The summed E-state index contributed by atoms with van der Waals surface area (Å²) in [6.45, 7) is 2.80. The number of anilines is 1. The van der Waals surface area contributed by atoms with Gasteiger partial charge in [0.25, 0.3) is 11.8 Å². The van der Waals surface area contributed by atoms with E-state index in [1.165, 1.54) is 0 Å². The number of pyridine rings is 1. The predicted molar refractivity (Wildman–Crippen MR) is 148 cm³/mol. The molecule has 1 N–H and O–H groups in total. The molecule has 43 heavy (non-hydrogen) atoms. The van der Waals surface area contributed by atoms with Crippen molar-refractivity contribution < 1.29 is 32.7 Å². The molecular weight excluding hydrogens is 567 g/mol. The zero-order chi connectivity index (χ0) is 30.6. The summed E-state index contributed by atoms with van der Waals surface area (Å²) in [5.41, 5.74) is 1.92. The van der Waals surface area contributed by atoms with E-state index in [1.807, 2.05) is 70.1 Å². The van der Waals surface area contributed by atoms with Crippen molar-refractivity contribution in [2.24, 2.45) is 0 Å². The largest absolute Gasteiger partial charge is 0.490 e. The summed E-state index contributed by atoms with van der Waals surface area (Å²) < 4.78 is 33.8. The molecule has 5 heterocycles. The average Bonchev–Trinajstić information content (AvgIpc) is 3.66. The van der Waals surface area contributed by atoms with Crippen molar-refractivity contribution in [3.05, 3.63) is 90.3 Å². The molecule has 2 aliphatic rings. The minimum absolute atomic E-state index is 0.00174. The van der Waals surface area contributed by atoms with Gasteiger partial charge in [0.15, 0.2) is 5.69 Å². The Morgan fingerprint density at radius 2 is 1.42 bits per heavy atom. The van der Waals surface area contributed by atoms with Gasteiger partial charge in [0.1, 0.15) is 5.82 Å². The van der Waals surface area contributed by atoms with E-state index in [0.29, 0.717) is 43.4 Å². The van der Waals surface area contributed by atoms with Gasteiger partial charge in [0, 0.05) is 56.9 Å². The highest BCUT2D eigenvalue weighted by Crippen LogP contribution is 2.35. The normalized spacial score (nSPS) is 17.0. The van der Waals surface area contributed by atoms with Gasteiger partial charge in [-0.15, -0.1) is 0 Å². The van der Waals surface area contributed by atoms with Gasteiger partial charge in [0.05, 0.1) is 11.6 Å². The number of halogens is 3. The van der Waals surface area contributed by atoms with Gasteiger partial charge in [-0.05, 0) is 43.2 Å². The Morgan fingerprint density at radius 3 is 2.05 bits per heavy atom. The summed E-state index contributed by atoms with van der Waals surface area (Å²) in [6.07, 6.45) is 2.30. The molecule has 2 fully saturated rings. The molecule has 0 saturated carbocycles. The number of rotatable bonds is 4. The van der Waals surface area contributed by atoms with Gasteiger partial charge in [-0.3, -0.25) is 9.59 Å². The second kappa shape index (κ2) is 12.5. The summed E-state index contributed by atoms with van der Waals surface area (Å²) in [5, 5.41) is 7.12. The number of fused-ring (bicyclic) bond motifs is 1. The van der Waals surface area contributed by atoms with Crippen LogP contribution in [0.5, 0.6) is 0 Å². The Bertz CT molecular complexity index is 1590. The first-order valence-electron chi connectivity index (χ1n) is 13.6. The van der Waals surface area contributed by atoms with E-state index in [2.05, 4.69) is 14.9 Å². The van der Waals surface area contributed by atoms with Gasteiger partial charge < -0.3 is 24.2 Å². The third kappa shape index (κ3) is 6.42. The van der Waals surface area contributed by atoms with Crippen LogP contribution in [0.25, 0.3) is 5.52 Å². The molecule has 4 aromatic rings. The first-order chi connectivity index (χ1) is 20.6. The number of carbonyl (C=O) groups is 3. The number of carboxylic acid groups (broad SMARTS) is 1. The van der Waals surface area contributed by atoms with E-state index in [1.54, 1.807) is 17.3 Å². The van der Waals surface area contributed by atoms with Crippen molar-refractivity contribution in [1.82, 2.24) is 29.2 Å². The lowest BCUT2D eigenvalue weighted by molar-refractivity contribution is -0.192. The van der Waals surface area contributed by atoms with E-state index >= 15 is 0 Å². The minimum Gasteiger partial charge on any atom is -0.475 e. The molecule has 0 spiro atoms. The van der Waals surface area contributed by atoms with E-state index < -0.39 is 12.1 Å². The fraction of sp³-hybridized carbons (Fsp3) is 0.310. The Kier molecular flexibility index (Phi) is 8.55. The van der Waals surface area contributed by atoms with E-state index in [4.69, 9.17) is 14.9 Å². The van der Waals surface area contributed by atoms with Crippen LogP contribution in [0.1, 0.15) is 45.6 Å². The van der Waals surface area contributed by atoms with Crippen LogP contribution in [-0.2, 0) is 4.79 Å². The summed E-state index contributed by atoms with van der Waals surface area (Å²) in [4.78, 5) is 55.0. The van der Waals surface area contributed by atoms with Crippen molar-refractivity contribution in [3.8, 4) is 0 Å². The monoisotopic (exact) mass is 595 g/mol. The number of imidazole rings is 1. The maximum Gasteiger partial charge on any atom is 0.490 e. The Hall–Kier alpha value is -5.01. The van der Waals surface area contributed by atoms with Gasteiger partial charge in [-0.25, -0.2) is 19.7 Å². The number of carbonyl (C=O) groups excluding carboxylic acids is 2. The smallest absolute Gasteiger partial charge is 0.475 e. The second-order valence-corrected chi connectivity index (χ2v) is 9.93. The van der Waals surface area contributed by atoms with Crippen LogP contribution in [0, 0.1) is 0 Å².